The normalized spacial score (nSPS) is 11.6. The van der Waals surface area contributed by atoms with Gasteiger partial charge in [0.1, 0.15) is 5.82 Å². The quantitative estimate of drug-likeness (QED) is 0.457. The van der Waals surface area contributed by atoms with E-state index in [1.165, 1.54) is 11.1 Å². The molecule has 0 atom stereocenters. The summed E-state index contributed by atoms with van der Waals surface area (Å²) in [7, 11) is 1.75. The number of aliphatic imine (C=N–C) groups is 1. The lowest BCUT2D eigenvalue weighted by Crippen LogP contribution is -2.37. The van der Waals surface area contributed by atoms with Gasteiger partial charge in [0.25, 0.3) is 0 Å². The maximum absolute atomic E-state index is 13.3. The number of halogens is 1. The van der Waals surface area contributed by atoms with E-state index in [0.717, 1.165) is 43.0 Å². The first-order chi connectivity index (χ1) is 11.6. The summed E-state index contributed by atoms with van der Waals surface area (Å²) in [6.07, 6.45) is 3.20. The van der Waals surface area contributed by atoms with E-state index in [1.807, 2.05) is 13.0 Å². The number of hydrogen-bond acceptors (Lipinski definition) is 3. The van der Waals surface area contributed by atoms with Gasteiger partial charge in [-0.1, -0.05) is 12.1 Å². The number of nitrogens with one attached hydrogen (secondary N) is 2. The minimum atomic E-state index is -0.170. The molecule has 1 aromatic heterocycles. The number of hydrogen-bond donors (Lipinski definition) is 2. The largest absolute Gasteiger partial charge is 0.356 e. The average molecular weight is 348 g/mol. The highest BCUT2D eigenvalue weighted by Gasteiger charge is 2.02. The van der Waals surface area contributed by atoms with Crippen molar-refractivity contribution in [3.63, 3.8) is 0 Å². The first-order valence-corrected chi connectivity index (χ1v) is 9.07. The molecule has 0 aliphatic carbocycles. The number of rotatable bonds is 7. The zero-order chi connectivity index (χ0) is 17.4. The van der Waals surface area contributed by atoms with Crippen molar-refractivity contribution in [2.75, 3.05) is 13.6 Å². The molecule has 0 radical (unpaired) electrons. The molecule has 2 N–H and O–H groups in total. The van der Waals surface area contributed by atoms with E-state index in [2.05, 4.69) is 26.0 Å². The molecule has 0 amide bonds. The van der Waals surface area contributed by atoms with Crippen LogP contribution in [0, 0.1) is 19.7 Å². The smallest absolute Gasteiger partial charge is 0.191 e. The Hall–Kier alpha value is -1.95. The third-order valence-electron chi connectivity index (χ3n) is 3.68. The van der Waals surface area contributed by atoms with Crippen LogP contribution in [0.15, 0.2) is 28.6 Å². The Bertz CT molecular complexity index is 681. The Kier molecular flexibility index (Phi) is 7.18. The summed E-state index contributed by atoms with van der Waals surface area (Å²) in [4.78, 5) is 8.68. The van der Waals surface area contributed by atoms with Gasteiger partial charge in [-0.2, -0.15) is 0 Å². The van der Waals surface area contributed by atoms with Gasteiger partial charge in [-0.15, -0.1) is 11.3 Å². The highest BCUT2D eigenvalue weighted by molar-refractivity contribution is 7.09. The van der Waals surface area contributed by atoms with Crippen LogP contribution >= 0.6 is 11.3 Å². The van der Waals surface area contributed by atoms with Crippen LogP contribution in [0.1, 0.15) is 34.7 Å². The van der Waals surface area contributed by atoms with Crippen LogP contribution in [0.5, 0.6) is 0 Å². The Labute approximate surface area is 147 Å². The summed E-state index contributed by atoms with van der Waals surface area (Å²) in [6, 6.07) is 5.15. The minimum absolute atomic E-state index is 0.170. The van der Waals surface area contributed by atoms with Crippen molar-refractivity contribution in [3.8, 4) is 0 Å². The van der Waals surface area contributed by atoms with Gasteiger partial charge in [-0.3, -0.25) is 4.99 Å². The molecular formula is C18H25FN4S. The molecule has 0 aliphatic heterocycles. The molecule has 2 rings (SSSR count). The Balaban J connectivity index is 1.65. The van der Waals surface area contributed by atoms with E-state index in [1.54, 1.807) is 31.4 Å². The topological polar surface area (TPSA) is 49.3 Å². The van der Waals surface area contributed by atoms with E-state index in [4.69, 9.17) is 0 Å². The third kappa shape index (κ3) is 5.92. The van der Waals surface area contributed by atoms with E-state index >= 15 is 0 Å². The maximum atomic E-state index is 13.3. The molecule has 6 heteroatoms. The number of guanidine groups is 1. The molecule has 0 spiro atoms. The Morgan fingerprint density at radius 2 is 2.08 bits per heavy atom. The highest BCUT2D eigenvalue weighted by Crippen LogP contribution is 2.11. The molecule has 0 saturated carbocycles. The SMILES string of the molecule is CN=C(NCCCCc1nc(C)cs1)NCc1ccc(F)c(C)c1. The Morgan fingerprint density at radius 1 is 1.25 bits per heavy atom. The summed E-state index contributed by atoms with van der Waals surface area (Å²) < 4.78 is 13.3. The first-order valence-electron chi connectivity index (χ1n) is 8.19. The summed E-state index contributed by atoms with van der Waals surface area (Å²) in [5.74, 6) is 0.596. The molecule has 1 aromatic carbocycles. The second-order valence-electron chi connectivity index (χ2n) is 5.78. The van der Waals surface area contributed by atoms with Gasteiger partial charge in [0.15, 0.2) is 5.96 Å². The molecule has 0 aliphatic rings. The lowest BCUT2D eigenvalue weighted by Gasteiger charge is -2.12. The molecular weight excluding hydrogens is 323 g/mol. The number of thiazole rings is 1. The molecule has 130 valence electrons. The monoisotopic (exact) mass is 348 g/mol. The summed E-state index contributed by atoms with van der Waals surface area (Å²) in [5.41, 5.74) is 2.81. The predicted octanol–water partition coefficient (Wildman–Crippen LogP) is 3.59. The minimum Gasteiger partial charge on any atom is -0.356 e. The van der Waals surface area contributed by atoms with E-state index < -0.39 is 0 Å². The molecule has 0 bridgehead atoms. The Morgan fingerprint density at radius 3 is 2.75 bits per heavy atom. The second-order valence-corrected chi connectivity index (χ2v) is 6.72. The fourth-order valence-electron chi connectivity index (χ4n) is 2.35. The molecule has 0 saturated heterocycles. The van der Waals surface area contributed by atoms with Crippen molar-refractivity contribution >= 4 is 17.3 Å². The number of benzene rings is 1. The van der Waals surface area contributed by atoms with Gasteiger partial charge in [-0.25, -0.2) is 9.37 Å². The molecule has 1 heterocycles. The van der Waals surface area contributed by atoms with Crippen LogP contribution in [0.3, 0.4) is 0 Å². The van der Waals surface area contributed by atoms with Crippen molar-refractivity contribution in [2.24, 2.45) is 4.99 Å². The zero-order valence-corrected chi connectivity index (χ0v) is 15.3. The van der Waals surface area contributed by atoms with Crippen LogP contribution in [-0.4, -0.2) is 24.5 Å². The highest BCUT2D eigenvalue weighted by atomic mass is 32.1. The van der Waals surface area contributed by atoms with E-state index in [0.29, 0.717) is 12.1 Å². The second kappa shape index (κ2) is 9.37. The number of aryl methyl sites for hydroxylation is 3. The van der Waals surface area contributed by atoms with Crippen LogP contribution in [0.25, 0.3) is 0 Å². The van der Waals surface area contributed by atoms with Crippen LogP contribution in [0.4, 0.5) is 4.39 Å². The van der Waals surface area contributed by atoms with Crippen LogP contribution < -0.4 is 10.6 Å². The van der Waals surface area contributed by atoms with Crippen molar-refractivity contribution in [1.29, 1.82) is 0 Å². The molecule has 2 aromatic rings. The standard InChI is InChI=1S/C18H25FN4S/c1-13-10-15(7-8-16(13)19)11-22-18(20-3)21-9-5-4-6-17-23-14(2)12-24-17/h7-8,10,12H,4-6,9,11H2,1-3H3,(H2,20,21,22). The predicted molar refractivity (Wildman–Crippen MR) is 99.1 cm³/mol. The van der Waals surface area contributed by atoms with Gasteiger partial charge in [0.05, 0.1) is 5.01 Å². The van der Waals surface area contributed by atoms with Gasteiger partial charge in [-0.05, 0) is 50.3 Å². The maximum Gasteiger partial charge on any atom is 0.191 e. The average Bonchev–Trinajstić information content (AvgIpc) is 2.98. The fraction of sp³-hybridized carbons (Fsp3) is 0.444. The van der Waals surface area contributed by atoms with Gasteiger partial charge >= 0.3 is 0 Å². The number of aromatic nitrogens is 1. The van der Waals surface area contributed by atoms with Gasteiger partial charge in [0.2, 0.25) is 0 Å². The van der Waals surface area contributed by atoms with Crippen LogP contribution in [0.2, 0.25) is 0 Å². The lowest BCUT2D eigenvalue weighted by atomic mass is 10.1. The summed E-state index contributed by atoms with van der Waals surface area (Å²) in [6.45, 7) is 5.29. The molecule has 0 unspecified atom stereocenters. The molecule has 24 heavy (non-hydrogen) atoms. The number of nitrogens with zero attached hydrogens (tertiary/aromatic N) is 2. The van der Waals surface area contributed by atoms with E-state index in [-0.39, 0.29) is 5.82 Å². The van der Waals surface area contributed by atoms with Crippen molar-refractivity contribution in [2.45, 2.75) is 39.7 Å². The summed E-state index contributed by atoms with van der Waals surface area (Å²) >= 11 is 1.73. The van der Waals surface area contributed by atoms with Crippen LogP contribution in [-0.2, 0) is 13.0 Å². The number of unbranched alkanes of at least 4 members (excludes halogenated alkanes) is 1. The van der Waals surface area contributed by atoms with E-state index in [9.17, 15) is 4.39 Å². The fourth-order valence-corrected chi connectivity index (χ4v) is 3.17. The van der Waals surface area contributed by atoms with Crippen molar-refractivity contribution in [1.82, 2.24) is 15.6 Å². The van der Waals surface area contributed by atoms with Crippen molar-refractivity contribution < 1.29 is 4.39 Å². The third-order valence-corrected chi connectivity index (χ3v) is 4.71. The van der Waals surface area contributed by atoms with Gasteiger partial charge in [0, 0.05) is 31.2 Å². The first kappa shape index (κ1) is 18.4. The summed E-state index contributed by atoms with van der Waals surface area (Å²) in [5, 5.41) is 9.86. The molecule has 0 fully saturated rings. The van der Waals surface area contributed by atoms with Gasteiger partial charge < -0.3 is 10.6 Å². The lowest BCUT2D eigenvalue weighted by molar-refractivity contribution is 0.617. The zero-order valence-electron chi connectivity index (χ0n) is 14.5. The van der Waals surface area contributed by atoms with Crippen molar-refractivity contribution in [3.05, 3.63) is 51.2 Å². The molecule has 4 nitrogen and oxygen atoms in total.